The first-order valence-electron chi connectivity index (χ1n) is 9.67. The highest BCUT2D eigenvalue weighted by atomic mass is 35.5. The first-order valence-corrected chi connectivity index (χ1v) is 10.0. The Hall–Kier alpha value is -2.83. The molecule has 4 nitrogen and oxygen atoms in total. The Labute approximate surface area is 178 Å². The third-order valence-corrected chi connectivity index (χ3v) is 5.54. The van der Waals surface area contributed by atoms with Gasteiger partial charge in [-0.1, -0.05) is 35.9 Å². The zero-order chi connectivity index (χ0) is 21.1. The van der Waals surface area contributed by atoms with Gasteiger partial charge in [-0.3, -0.25) is 9.69 Å². The second kappa shape index (κ2) is 8.90. The van der Waals surface area contributed by atoms with Gasteiger partial charge in [0.05, 0.1) is 11.6 Å². The summed E-state index contributed by atoms with van der Waals surface area (Å²) in [4.78, 5) is 20.7. The normalized spacial score (nSPS) is 14.9. The van der Waals surface area contributed by atoms with Crippen molar-refractivity contribution in [2.45, 2.75) is 6.04 Å². The number of aromatic nitrogens is 1. The molecule has 0 bridgehead atoms. The van der Waals surface area contributed by atoms with Crippen LogP contribution in [0.2, 0.25) is 5.15 Å². The molecule has 2 heterocycles. The lowest BCUT2D eigenvalue weighted by atomic mass is 9.96. The second-order valence-corrected chi connectivity index (χ2v) is 7.59. The van der Waals surface area contributed by atoms with Gasteiger partial charge in [-0.2, -0.15) is 0 Å². The fourth-order valence-corrected chi connectivity index (χ4v) is 3.88. The van der Waals surface area contributed by atoms with Crippen LogP contribution in [0.25, 0.3) is 0 Å². The van der Waals surface area contributed by atoms with E-state index in [1.54, 1.807) is 41.3 Å². The summed E-state index contributed by atoms with van der Waals surface area (Å²) >= 11 is 5.80. The number of amides is 1. The molecule has 4 rings (SSSR count). The zero-order valence-electron chi connectivity index (χ0n) is 16.1. The maximum atomic E-state index is 13.5. The van der Waals surface area contributed by atoms with Gasteiger partial charge in [0.25, 0.3) is 5.91 Å². The lowest BCUT2D eigenvalue weighted by Gasteiger charge is -2.39. The van der Waals surface area contributed by atoms with Gasteiger partial charge in [0, 0.05) is 32.4 Å². The number of nitrogens with zero attached hydrogens (tertiary/aromatic N) is 3. The van der Waals surface area contributed by atoms with Crippen molar-refractivity contribution in [1.29, 1.82) is 0 Å². The lowest BCUT2D eigenvalue weighted by molar-refractivity contribution is 0.0597. The van der Waals surface area contributed by atoms with E-state index < -0.39 is 0 Å². The van der Waals surface area contributed by atoms with Crippen molar-refractivity contribution in [3.05, 3.63) is 100 Å². The zero-order valence-corrected chi connectivity index (χ0v) is 16.9. The van der Waals surface area contributed by atoms with Crippen molar-refractivity contribution in [2.24, 2.45) is 0 Å². The average Bonchev–Trinajstić information content (AvgIpc) is 2.77. The smallest absolute Gasteiger partial charge is 0.255 e. The van der Waals surface area contributed by atoms with Crippen molar-refractivity contribution in [1.82, 2.24) is 14.8 Å². The van der Waals surface area contributed by atoms with Crippen LogP contribution in [0.5, 0.6) is 0 Å². The number of carbonyl (C=O) groups is 1. The Balaban J connectivity index is 1.53. The van der Waals surface area contributed by atoms with Gasteiger partial charge in [-0.05, 0) is 47.5 Å². The molecule has 3 aromatic rings. The molecular formula is C23H20ClF2N3O. The van der Waals surface area contributed by atoms with E-state index in [-0.39, 0.29) is 23.6 Å². The fraction of sp³-hybridized carbons (Fsp3) is 0.217. The SMILES string of the molecule is O=C(c1ccc(Cl)nc1)N1CCN(C(c2ccc(F)cc2)c2ccc(F)cc2)CC1. The van der Waals surface area contributed by atoms with Crippen molar-refractivity contribution in [3.8, 4) is 0 Å². The van der Waals surface area contributed by atoms with Gasteiger partial charge in [0.15, 0.2) is 0 Å². The molecule has 1 saturated heterocycles. The maximum Gasteiger partial charge on any atom is 0.255 e. The molecule has 0 spiro atoms. The number of carbonyl (C=O) groups excluding carboxylic acids is 1. The molecule has 1 amide bonds. The van der Waals surface area contributed by atoms with Crippen LogP contribution in [0.4, 0.5) is 8.78 Å². The molecule has 0 aliphatic carbocycles. The van der Waals surface area contributed by atoms with Gasteiger partial charge < -0.3 is 4.90 Å². The van der Waals surface area contributed by atoms with E-state index in [9.17, 15) is 13.6 Å². The molecule has 2 aromatic carbocycles. The average molecular weight is 428 g/mol. The van der Waals surface area contributed by atoms with Crippen LogP contribution in [0.1, 0.15) is 27.5 Å². The molecule has 0 atom stereocenters. The van der Waals surface area contributed by atoms with Crippen LogP contribution in [0.3, 0.4) is 0 Å². The van der Waals surface area contributed by atoms with Crippen molar-refractivity contribution in [3.63, 3.8) is 0 Å². The third kappa shape index (κ3) is 4.50. The highest BCUT2D eigenvalue weighted by molar-refractivity contribution is 6.29. The van der Waals surface area contributed by atoms with Crippen LogP contribution in [0.15, 0.2) is 66.9 Å². The highest BCUT2D eigenvalue weighted by Crippen LogP contribution is 2.30. The molecular weight excluding hydrogens is 408 g/mol. The first-order chi connectivity index (χ1) is 14.5. The summed E-state index contributed by atoms with van der Waals surface area (Å²) in [6.07, 6.45) is 1.48. The molecule has 30 heavy (non-hydrogen) atoms. The summed E-state index contributed by atoms with van der Waals surface area (Å²) < 4.78 is 26.9. The fourth-order valence-electron chi connectivity index (χ4n) is 3.77. The number of benzene rings is 2. The summed E-state index contributed by atoms with van der Waals surface area (Å²) in [5.74, 6) is -0.689. The monoisotopic (exact) mass is 427 g/mol. The summed E-state index contributed by atoms with van der Waals surface area (Å²) in [5.41, 5.74) is 2.34. The molecule has 7 heteroatoms. The summed E-state index contributed by atoms with van der Waals surface area (Å²) in [7, 11) is 0. The maximum absolute atomic E-state index is 13.5. The minimum atomic E-state index is -0.302. The third-order valence-electron chi connectivity index (χ3n) is 5.31. The van der Waals surface area contributed by atoms with E-state index in [0.717, 1.165) is 11.1 Å². The Morgan fingerprint density at radius 3 is 1.83 bits per heavy atom. The Morgan fingerprint density at radius 2 is 1.37 bits per heavy atom. The van der Waals surface area contributed by atoms with E-state index in [1.165, 1.54) is 30.5 Å². The van der Waals surface area contributed by atoms with Gasteiger partial charge >= 0.3 is 0 Å². The standard InChI is InChI=1S/C23H20ClF2N3O/c24-21-10-5-18(15-27-21)23(30)29-13-11-28(12-14-29)22(16-1-6-19(25)7-2-16)17-3-8-20(26)9-4-17/h1-10,15,22H,11-14H2. The Bertz CT molecular complexity index is 957. The van der Waals surface area contributed by atoms with E-state index in [2.05, 4.69) is 9.88 Å². The molecule has 0 saturated carbocycles. The second-order valence-electron chi connectivity index (χ2n) is 7.20. The van der Waals surface area contributed by atoms with Crippen molar-refractivity contribution < 1.29 is 13.6 Å². The topological polar surface area (TPSA) is 36.4 Å². The van der Waals surface area contributed by atoms with E-state index in [1.807, 2.05) is 0 Å². The largest absolute Gasteiger partial charge is 0.336 e. The van der Waals surface area contributed by atoms with Gasteiger partial charge in [0.1, 0.15) is 16.8 Å². The molecule has 154 valence electrons. The van der Waals surface area contributed by atoms with Gasteiger partial charge in [0.2, 0.25) is 0 Å². The highest BCUT2D eigenvalue weighted by Gasteiger charge is 2.28. The van der Waals surface area contributed by atoms with Crippen LogP contribution >= 0.6 is 11.6 Å². The molecule has 1 fully saturated rings. The summed E-state index contributed by atoms with van der Waals surface area (Å²) in [6.45, 7) is 2.35. The number of piperazine rings is 1. The molecule has 1 aliphatic rings. The van der Waals surface area contributed by atoms with Crippen molar-refractivity contribution in [2.75, 3.05) is 26.2 Å². The van der Waals surface area contributed by atoms with Crippen LogP contribution < -0.4 is 0 Å². The van der Waals surface area contributed by atoms with Gasteiger partial charge in [-0.15, -0.1) is 0 Å². The Kier molecular flexibility index (Phi) is 6.06. The summed E-state index contributed by atoms with van der Waals surface area (Å²) in [5, 5.41) is 0.345. The van der Waals surface area contributed by atoms with E-state index in [0.29, 0.717) is 36.9 Å². The number of rotatable bonds is 4. The number of hydrogen-bond donors (Lipinski definition) is 0. The number of pyridine rings is 1. The first kappa shape index (κ1) is 20.4. The number of halogens is 3. The quantitative estimate of drug-likeness (QED) is 0.573. The summed E-state index contributed by atoms with van der Waals surface area (Å²) in [6, 6.07) is 15.8. The predicted molar refractivity (Wildman–Crippen MR) is 111 cm³/mol. The number of hydrogen-bond acceptors (Lipinski definition) is 3. The molecule has 0 radical (unpaired) electrons. The van der Waals surface area contributed by atoms with Crippen molar-refractivity contribution >= 4 is 17.5 Å². The minimum Gasteiger partial charge on any atom is -0.336 e. The molecule has 1 aromatic heterocycles. The van der Waals surface area contributed by atoms with Crippen LogP contribution in [-0.2, 0) is 0 Å². The lowest BCUT2D eigenvalue weighted by Crippen LogP contribution is -2.49. The van der Waals surface area contributed by atoms with Gasteiger partial charge in [-0.25, -0.2) is 13.8 Å². The molecule has 0 unspecified atom stereocenters. The van der Waals surface area contributed by atoms with Crippen LogP contribution in [0, 0.1) is 11.6 Å². The molecule has 1 aliphatic heterocycles. The minimum absolute atomic E-state index is 0.0843. The van der Waals surface area contributed by atoms with E-state index in [4.69, 9.17) is 11.6 Å². The van der Waals surface area contributed by atoms with Crippen LogP contribution in [-0.4, -0.2) is 46.9 Å². The Morgan fingerprint density at radius 1 is 0.833 bits per heavy atom. The predicted octanol–water partition coefficient (Wildman–Crippen LogP) is 4.56. The van der Waals surface area contributed by atoms with E-state index >= 15 is 0 Å². The molecule has 0 N–H and O–H groups in total.